The summed E-state index contributed by atoms with van der Waals surface area (Å²) in [6.45, 7) is 1.79. The number of carbonyl (C=O) groups excluding carboxylic acids is 1. The van der Waals surface area contributed by atoms with Gasteiger partial charge in [0.1, 0.15) is 5.82 Å². The Balaban J connectivity index is 1.41. The van der Waals surface area contributed by atoms with Crippen molar-refractivity contribution in [2.45, 2.75) is 42.6 Å². The summed E-state index contributed by atoms with van der Waals surface area (Å²) in [7, 11) is -3.77. The highest BCUT2D eigenvalue weighted by atomic mass is 32.2. The quantitative estimate of drug-likeness (QED) is 0.411. The third-order valence-corrected chi connectivity index (χ3v) is 8.29. The Kier molecular flexibility index (Phi) is 6.24. The number of hydrogen-bond donors (Lipinski definition) is 1. The first-order chi connectivity index (χ1) is 16.0. The van der Waals surface area contributed by atoms with Crippen LogP contribution in [0.5, 0.6) is 0 Å². The Morgan fingerprint density at radius 1 is 1.09 bits per heavy atom. The standard InChI is InChI=1S/C23H21F4N3O3S/c1-14-15(13-30(29-14)18-6-2-16(3-7-18)23(25,26)27)12-28-22(31)20-10-11-21(20)34(32,33)19-8-4-17(24)5-9-19/h2-9,13,20-21H,10-12H2,1H3,(H,28,31)/t20-,21+/m1/s1. The van der Waals surface area contributed by atoms with E-state index in [-0.39, 0.29) is 11.4 Å². The van der Waals surface area contributed by atoms with Gasteiger partial charge in [-0.1, -0.05) is 0 Å². The molecule has 6 nitrogen and oxygen atoms in total. The Hall–Kier alpha value is -3.21. The number of carbonyl (C=O) groups is 1. The lowest BCUT2D eigenvalue weighted by molar-refractivity contribution is -0.137. The van der Waals surface area contributed by atoms with Crippen LogP contribution in [0.1, 0.15) is 29.7 Å². The van der Waals surface area contributed by atoms with Gasteiger partial charge in [-0.25, -0.2) is 17.5 Å². The SMILES string of the molecule is Cc1nn(-c2ccc(C(F)(F)F)cc2)cc1CNC(=O)[C@@H]1CC[C@@H]1S(=O)(=O)c1ccc(F)cc1. The van der Waals surface area contributed by atoms with Gasteiger partial charge in [0.15, 0.2) is 9.84 Å². The zero-order valence-electron chi connectivity index (χ0n) is 18.0. The van der Waals surface area contributed by atoms with Crippen molar-refractivity contribution in [2.24, 2.45) is 5.92 Å². The van der Waals surface area contributed by atoms with E-state index >= 15 is 0 Å². The minimum absolute atomic E-state index is 0.0231. The molecule has 1 saturated carbocycles. The number of amides is 1. The van der Waals surface area contributed by atoms with Crippen LogP contribution in [0.25, 0.3) is 5.69 Å². The van der Waals surface area contributed by atoms with Gasteiger partial charge < -0.3 is 5.32 Å². The summed E-state index contributed by atoms with van der Waals surface area (Å²) < 4.78 is 78.5. The van der Waals surface area contributed by atoms with Crippen molar-refractivity contribution in [2.75, 3.05) is 0 Å². The first-order valence-electron chi connectivity index (χ1n) is 10.5. The molecule has 1 fully saturated rings. The molecule has 0 bridgehead atoms. The number of halogens is 4. The number of nitrogens with zero attached hydrogens (tertiary/aromatic N) is 2. The summed E-state index contributed by atoms with van der Waals surface area (Å²) in [5.74, 6) is -1.68. The van der Waals surface area contributed by atoms with Crippen molar-refractivity contribution in [3.63, 3.8) is 0 Å². The second-order valence-electron chi connectivity index (χ2n) is 8.17. The smallest absolute Gasteiger partial charge is 0.352 e. The number of benzene rings is 2. The Labute approximate surface area is 193 Å². The molecule has 0 spiro atoms. The van der Waals surface area contributed by atoms with Crippen LogP contribution < -0.4 is 5.32 Å². The predicted octanol–water partition coefficient (Wildman–Crippen LogP) is 4.21. The molecule has 1 N–H and O–H groups in total. The van der Waals surface area contributed by atoms with Crippen LogP contribution in [0.3, 0.4) is 0 Å². The maximum absolute atomic E-state index is 13.1. The van der Waals surface area contributed by atoms with E-state index in [0.29, 0.717) is 29.8 Å². The zero-order valence-corrected chi connectivity index (χ0v) is 18.8. The summed E-state index contributed by atoms with van der Waals surface area (Å²) >= 11 is 0. The van der Waals surface area contributed by atoms with Crippen LogP contribution in [0.15, 0.2) is 59.6 Å². The summed E-state index contributed by atoms with van der Waals surface area (Å²) in [5, 5.41) is 6.14. The highest BCUT2D eigenvalue weighted by molar-refractivity contribution is 7.92. The van der Waals surface area contributed by atoms with Crippen LogP contribution in [-0.2, 0) is 27.4 Å². The molecule has 1 aromatic heterocycles. The van der Waals surface area contributed by atoms with E-state index < -0.39 is 44.5 Å². The molecule has 2 atom stereocenters. The largest absolute Gasteiger partial charge is 0.416 e. The van der Waals surface area contributed by atoms with Crippen molar-refractivity contribution in [1.29, 1.82) is 0 Å². The molecule has 1 heterocycles. The second-order valence-corrected chi connectivity index (χ2v) is 10.3. The number of alkyl halides is 3. The minimum atomic E-state index is -4.43. The number of aromatic nitrogens is 2. The van der Waals surface area contributed by atoms with Crippen LogP contribution >= 0.6 is 0 Å². The average Bonchev–Trinajstić information content (AvgIpc) is 3.11. The first kappa shape index (κ1) is 23.9. The summed E-state index contributed by atoms with van der Waals surface area (Å²) in [6.07, 6.45) is -2.08. The van der Waals surface area contributed by atoms with Gasteiger partial charge in [-0.3, -0.25) is 4.79 Å². The van der Waals surface area contributed by atoms with E-state index in [9.17, 15) is 30.8 Å². The molecule has 0 radical (unpaired) electrons. The number of rotatable bonds is 6. The number of hydrogen-bond acceptors (Lipinski definition) is 4. The molecular weight excluding hydrogens is 474 g/mol. The fourth-order valence-corrected chi connectivity index (χ4v) is 5.86. The fraction of sp³-hybridized carbons (Fsp3) is 0.304. The Bertz CT molecular complexity index is 1300. The molecule has 1 amide bonds. The molecular formula is C23H21F4N3O3S. The first-order valence-corrected chi connectivity index (χ1v) is 12.0. The van der Waals surface area contributed by atoms with Crippen LogP contribution in [0.2, 0.25) is 0 Å². The predicted molar refractivity (Wildman–Crippen MR) is 115 cm³/mol. The normalized spacial score (nSPS) is 18.4. The average molecular weight is 495 g/mol. The molecule has 0 saturated heterocycles. The lowest BCUT2D eigenvalue weighted by atomic mass is 9.84. The van der Waals surface area contributed by atoms with E-state index in [1.807, 2.05) is 0 Å². The van der Waals surface area contributed by atoms with E-state index in [1.54, 1.807) is 13.1 Å². The van der Waals surface area contributed by atoms with Gasteiger partial charge in [-0.15, -0.1) is 0 Å². The molecule has 11 heteroatoms. The zero-order chi connectivity index (χ0) is 24.7. The minimum Gasteiger partial charge on any atom is -0.352 e. The fourth-order valence-electron chi connectivity index (χ4n) is 3.86. The molecule has 4 rings (SSSR count). The van der Waals surface area contributed by atoms with Gasteiger partial charge in [0.25, 0.3) is 0 Å². The lowest BCUT2D eigenvalue weighted by Gasteiger charge is -2.34. The highest BCUT2D eigenvalue weighted by Crippen LogP contribution is 2.37. The van der Waals surface area contributed by atoms with E-state index in [0.717, 1.165) is 24.3 Å². The lowest BCUT2D eigenvalue weighted by Crippen LogP contribution is -2.47. The van der Waals surface area contributed by atoms with Crippen molar-refractivity contribution in [3.05, 3.63) is 77.4 Å². The molecule has 2 aromatic carbocycles. The number of nitrogens with one attached hydrogen (secondary N) is 1. The van der Waals surface area contributed by atoms with E-state index in [2.05, 4.69) is 10.4 Å². The van der Waals surface area contributed by atoms with Gasteiger partial charge in [0, 0.05) is 18.3 Å². The van der Waals surface area contributed by atoms with E-state index in [4.69, 9.17) is 0 Å². The van der Waals surface area contributed by atoms with Gasteiger partial charge in [-0.2, -0.15) is 18.3 Å². The Morgan fingerprint density at radius 2 is 1.74 bits per heavy atom. The van der Waals surface area contributed by atoms with Crippen LogP contribution in [0, 0.1) is 18.7 Å². The molecule has 180 valence electrons. The molecule has 3 aromatic rings. The summed E-state index contributed by atoms with van der Waals surface area (Å²) in [6, 6.07) is 9.05. The van der Waals surface area contributed by atoms with Crippen molar-refractivity contribution < 1.29 is 30.8 Å². The maximum Gasteiger partial charge on any atom is 0.416 e. The van der Waals surface area contributed by atoms with Gasteiger partial charge in [0.2, 0.25) is 5.91 Å². The molecule has 1 aliphatic carbocycles. The third kappa shape index (κ3) is 4.70. The second kappa shape index (κ2) is 8.86. The van der Waals surface area contributed by atoms with Crippen molar-refractivity contribution in [1.82, 2.24) is 15.1 Å². The molecule has 0 unspecified atom stereocenters. The molecule has 34 heavy (non-hydrogen) atoms. The van der Waals surface area contributed by atoms with E-state index in [1.165, 1.54) is 28.9 Å². The maximum atomic E-state index is 13.1. The number of sulfone groups is 1. The van der Waals surface area contributed by atoms with Gasteiger partial charge in [0.05, 0.1) is 33.0 Å². The Morgan fingerprint density at radius 3 is 2.29 bits per heavy atom. The molecule has 1 aliphatic rings. The van der Waals surface area contributed by atoms with Gasteiger partial charge >= 0.3 is 6.18 Å². The number of aryl methyl sites for hydroxylation is 1. The monoisotopic (exact) mass is 495 g/mol. The molecule has 0 aliphatic heterocycles. The van der Waals surface area contributed by atoms with Crippen LogP contribution in [0.4, 0.5) is 17.6 Å². The van der Waals surface area contributed by atoms with Gasteiger partial charge in [-0.05, 0) is 68.3 Å². The topological polar surface area (TPSA) is 81.1 Å². The highest BCUT2D eigenvalue weighted by Gasteiger charge is 2.45. The third-order valence-electron chi connectivity index (χ3n) is 6.00. The van der Waals surface area contributed by atoms with Crippen molar-refractivity contribution >= 4 is 15.7 Å². The summed E-state index contributed by atoms with van der Waals surface area (Å²) in [4.78, 5) is 12.7. The summed E-state index contributed by atoms with van der Waals surface area (Å²) in [5.41, 5.74) is 0.881. The van der Waals surface area contributed by atoms with Crippen LogP contribution in [-0.4, -0.2) is 29.4 Å². The van der Waals surface area contributed by atoms with Crippen molar-refractivity contribution in [3.8, 4) is 5.69 Å².